The molecule has 6 heteroatoms. The molecule has 0 aromatic rings. The molecule has 2 atom stereocenters. The number of Topliss-reactive ketones (excluding diaryl/α,β-unsaturated/α-hetero) is 1. The molecule has 0 fully saturated rings. The van der Waals surface area contributed by atoms with E-state index in [2.05, 4.69) is 5.32 Å². The minimum atomic E-state index is -1.51. The van der Waals surface area contributed by atoms with Gasteiger partial charge < -0.3 is 15.4 Å². The fourth-order valence-corrected chi connectivity index (χ4v) is 1.39. The van der Waals surface area contributed by atoms with Crippen molar-refractivity contribution >= 4 is 18.8 Å². The van der Waals surface area contributed by atoms with Crippen LogP contribution in [0.2, 0.25) is 5.82 Å². The van der Waals surface area contributed by atoms with Gasteiger partial charge in [0.1, 0.15) is 0 Å². The van der Waals surface area contributed by atoms with E-state index in [1.807, 2.05) is 13.8 Å². The van der Waals surface area contributed by atoms with Gasteiger partial charge in [-0.1, -0.05) is 20.8 Å². The van der Waals surface area contributed by atoms with Gasteiger partial charge in [-0.2, -0.15) is 0 Å². The first-order chi connectivity index (χ1) is 7.25. The van der Waals surface area contributed by atoms with E-state index in [9.17, 15) is 9.59 Å². The van der Waals surface area contributed by atoms with Crippen LogP contribution < -0.4 is 5.32 Å². The smallest absolute Gasteiger partial charge is 0.427 e. The maximum Gasteiger partial charge on any atom is 0.454 e. The lowest BCUT2D eigenvalue weighted by Gasteiger charge is -2.21. The van der Waals surface area contributed by atoms with Crippen molar-refractivity contribution in [1.82, 2.24) is 5.32 Å². The first-order valence-electron chi connectivity index (χ1n) is 5.41. The molecule has 5 nitrogen and oxygen atoms in total. The van der Waals surface area contributed by atoms with Gasteiger partial charge in [-0.15, -0.1) is 0 Å². The predicted octanol–water partition coefficient (Wildman–Crippen LogP) is -0.0308. The SMILES string of the molecule is CC(=O)N[C@H](C(=O)C[C@@H](C)B(O)O)C(C)C. The first kappa shape index (κ1) is 15.1. The fourth-order valence-electron chi connectivity index (χ4n) is 1.39. The highest BCUT2D eigenvalue weighted by atomic mass is 16.4. The summed E-state index contributed by atoms with van der Waals surface area (Å²) in [7, 11) is -1.51. The van der Waals surface area contributed by atoms with Crippen molar-refractivity contribution in [3.63, 3.8) is 0 Å². The highest BCUT2D eigenvalue weighted by Crippen LogP contribution is 2.15. The number of ketones is 1. The van der Waals surface area contributed by atoms with Crippen LogP contribution in [-0.2, 0) is 9.59 Å². The molecule has 0 radical (unpaired) electrons. The van der Waals surface area contributed by atoms with E-state index in [0.29, 0.717) is 0 Å². The number of hydrogen-bond donors (Lipinski definition) is 3. The Morgan fingerprint density at radius 3 is 2.06 bits per heavy atom. The van der Waals surface area contributed by atoms with Crippen LogP contribution in [0.15, 0.2) is 0 Å². The molecule has 1 amide bonds. The number of nitrogens with one attached hydrogen (secondary N) is 1. The zero-order chi connectivity index (χ0) is 12.9. The predicted molar refractivity (Wildman–Crippen MR) is 61.7 cm³/mol. The summed E-state index contributed by atoms with van der Waals surface area (Å²) in [6, 6.07) is -0.557. The van der Waals surface area contributed by atoms with Crippen molar-refractivity contribution in [3.05, 3.63) is 0 Å². The fraction of sp³-hybridized carbons (Fsp3) is 0.800. The molecule has 0 aromatic heterocycles. The number of amides is 1. The van der Waals surface area contributed by atoms with Gasteiger partial charge in [-0.05, 0) is 11.7 Å². The van der Waals surface area contributed by atoms with E-state index in [1.165, 1.54) is 6.92 Å². The number of rotatable bonds is 6. The van der Waals surface area contributed by atoms with Crippen molar-refractivity contribution in [3.8, 4) is 0 Å². The molecule has 0 saturated carbocycles. The topological polar surface area (TPSA) is 86.6 Å². The van der Waals surface area contributed by atoms with E-state index >= 15 is 0 Å². The Labute approximate surface area is 96.4 Å². The summed E-state index contributed by atoms with van der Waals surface area (Å²) in [4.78, 5) is 22.7. The molecular formula is C10H20BNO4. The van der Waals surface area contributed by atoms with Gasteiger partial charge >= 0.3 is 7.12 Å². The molecule has 92 valence electrons. The third-order valence-electron chi connectivity index (χ3n) is 2.40. The number of carbonyl (C=O) groups is 2. The van der Waals surface area contributed by atoms with Crippen LogP contribution in [-0.4, -0.2) is 34.9 Å². The Balaban J connectivity index is 4.45. The quantitative estimate of drug-likeness (QED) is 0.558. The van der Waals surface area contributed by atoms with Crippen LogP contribution in [0.25, 0.3) is 0 Å². The maximum atomic E-state index is 11.8. The Kier molecular flexibility index (Phi) is 6.29. The molecule has 0 aromatic carbocycles. The van der Waals surface area contributed by atoms with Gasteiger partial charge in [0.2, 0.25) is 5.91 Å². The summed E-state index contributed by atoms with van der Waals surface area (Å²) in [5.74, 6) is -0.975. The summed E-state index contributed by atoms with van der Waals surface area (Å²) in [6.45, 7) is 6.60. The molecule has 0 heterocycles. The zero-order valence-electron chi connectivity index (χ0n) is 10.2. The van der Waals surface area contributed by atoms with Crippen molar-refractivity contribution in [1.29, 1.82) is 0 Å². The number of carbonyl (C=O) groups excluding carboxylic acids is 2. The minimum Gasteiger partial charge on any atom is -0.427 e. The van der Waals surface area contributed by atoms with E-state index in [-0.39, 0.29) is 24.0 Å². The van der Waals surface area contributed by atoms with Crippen molar-refractivity contribution < 1.29 is 19.6 Å². The molecule has 0 rings (SSSR count). The van der Waals surface area contributed by atoms with Crippen molar-refractivity contribution in [2.75, 3.05) is 0 Å². The molecule has 0 bridgehead atoms. The van der Waals surface area contributed by atoms with E-state index in [0.717, 1.165) is 0 Å². The van der Waals surface area contributed by atoms with Crippen LogP contribution in [0.5, 0.6) is 0 Å². The highest BCUT2D eigenvalue weighted by molar-refractivity contribution is 6.43. The van der Waals surface area contributed by atoms with Crippen LogP contribution in [0.3, 0.4) is 0 Å². The van der Waals surface area contributed by atoms with E-state index in [4.69, 9.17) is 10.0 Å². The second-order valence-electron chi connectivity index (χ2n) is 4.48. The van der Waals surface area contributed by atoms with E-state index in [1.54, 1.807) is 6.92 Å². The third-order valence-corrected chi connectivity index (χ3v) is 2.40. The van der Waals surface area contributed by atoms with Crippen LogP contribution in [0.1, 0.15) is 34.1 Å². The molecule has 0 aliphatic rings. The molecule has 0 spiro atoms. The average molecular weight is 229 g/mol. The first-order valence-corrected chi connectivity index (χ1v) is 5.41. The Morgan fingerprint density at radius 2 is 1.75 bits per heavy atom. The van der Waals surface area contributed by atoms with Gasteiger partial charge in [0.25, 0.3) is 0 Å². The van der Waals surface area contributed by atoms with Crippen molar-refractivity contribution in [2.45, 2.75) is 46.0 Å². The van der Waals surface area contributed by atoms with Gasteiger partial charge in [-0.25, -0.2) is 0 Å². The Bertz CT molecular complexity index is 255. The van der Waals surface area contributed by atoms with Gasteiger partial charge in [0.15, 0.2) is 5.78 Å². The highest BCUT2D eigenvalue weighted by Gasteiger charge is 2.28. The normalized spacial score (nSPS) is 14.4. The number of hydrogen-bond acceptors (Lipinski definition) is 4. The summed E-state index contributed by atoms with van der Waals surface area (Å²) in [5, 5.41) is 20.3. The van der Waals surface area contributed by atoms with Crippen LogP contribution in [0, 0.1) is 5.92 Å². The molecule has 16 heavy (non-hydrogen) atoms. The second kappa shape index (κ2) is 6.65. The summed E-state index contributed by atoms with van der Waals surface area (Å²) >= 11 is 0. The summed E-state index contributed by atoms with van der Waals surface area (Å²) in [5.41, 5.74) is 0. The molecule has 0 unspecified atom stereocenters. The Hall–Kier alpha value is -0.875. The summed E-state index contributed by atoms with van der Waals surface area (Å²) in [6.07, 6.45) is 0.0425. The largest absolute Gasteiger partial charge is 0.454 e. The Morgan fingerprint density at radius 1 is 1.25 bits per heavy atom. The standard InChI is InChI=1S/C10H20BNO4/c1-6(2)10(12-8(4)13)9(14)5-7(3)11(15)16/h6-7,10,15-16H,5H2,1-4H3,(H,12,13)/t7-,10+/m1/s1. The van der Waals surface area contributed by atoms with Crippen LogP contribution in [0.4, 0.5) is 0 Å². The molecular weight excluding hydrogens is 209 g/mol. The van der Waals surface area contributed by atoms with Gasteiger partial charge in [0.05, 0.1) is 6.04 Å². The molecule has 0 aliphatic heterocycles. The van der Waals surface area contributed by atoms with Gasteiger partial charge in [-0.3, -0.25) is 9.59 Å². The molecule has 0 aliphatic carbocycles. The lowest BCUT2D eigenvalue weighted by Crippen LogP contribution is -2.44. The van der Waals surface area contributed by atoms with Gasteiger partial charge in [0, 0.05) is 13.3 Å². The average Bonchev–Trinajstić information content (AvgIpc) is 2.12. The molecule has 0 saturated heterocycles. The second-order valence-corrected chi connectivity index (χ2v) is 4.48. The third kappa shape index (κ3) is 5.28. The zero-order valence-corrected chi connectivity index (χ0v) is 10.2. The van der Waals surface area contributed by atoms with Crippen LogP contribution >= 0.6 is 0 Å². The molecule has 3 N–H and O–H groups in total. The van der Waals surface area contributed by atoms with Crippen molar-refractivity contribution in [2.24, 2.45) is 5.92 Å². The summed E-state index contributed by atoms with van der Waals surface area (Å²) < 4.78 is 0. The monoisotopic (exact) mass is 229 g/mol. The lowest BCUT2D eigenvalue weighted by molar-refractivity contribution is -0.127. The lowest BCUT2D eigenvalue weighted by atomic mass is 9.70. The minimum absolute atomic E-state index is 0.0144. The maximum absolute atomic E-state index is 11.8. The van der Waals surface area contributed by atoms with E-state index < -0.39 is 19.0 Å².